The number of nitrogens with zero attached hydrogens (tertiary/aromatic N) is 1. The maximum absolute atomic E-state index is 12.9. The molecule has 41 heavy (non-hydrogen) atoms. The first-order valence-corrected chi connectivity index (χ1v) is 13.0. The molecule has 0 bridgehead atoms. The number of imide groups is 2. The quantitative estimate of drug-likeness (QED) is 0.197. The number of amides is 4. The number of hydrogen-bond acceptors (Lipinski definition) is 10. The van der Waals surface area contributed by atoms with E-state index in [-0.39, 0.29) is 37.2 Å². The zero-order valence-electron chi connectivity index (χ0n) is 22.5. The summed E-state index contributed by atoms with van der Waals surface area (Å²) >= 11 is 0. The van der Waals surface area contributed by atoms with Gasteiger partial charge in [-0.1, -0.05) is 36.4 Å². The van der Waals surface area contributed by atoms with E-state index in [4.69, 9.17) is 23.4 Å². The van der Waals surface area contributed by atoms with E-state index < -0.39 is 35.5 Å². The van der Waals surface area contributed by atoms with Crippen molar-refractivity contribution in [1.29, 1.82) is 0 Å². The van der Waals surface area contributed by atoms with Crippen molar-refractivity contribution in [1.82, 2.24) is 10.2 Å². The van der Waals surface area contributed by atoms with Gasteiger partial charge >= 0.3 is 11.7 Å². The van der Waals surface area contributed by atoms with Crippen LogP contribution in [-0.2, 0) is 41.8 Å². The zero-order chi connectivity index (χ0) is 29.2. The highest BCUT2D eigenvalue weighted by atomic mass is 16.6. The third kappa shape index (κ3) is 7.84. The van der Waals surface area contributed by atoms with Gasteiger partial charge in [-0.2, -0.15) is 0 Å². The van der Waals surface area contributed by atoms with Crippen LogP contribution in [0.15, 0.2) is 63.8 Å². The third-order valence-electron chi connectivity index (χ3n) is 6.31. The highest BCUT2D eigenvalue weighted by molar-refractivity contribution is 6.10. The summed E-state index contributed by atoms with van der Waals surface area (Å²) in [5.41, 5.74) is 0.824. The molecule has 1 aromatic heterocycles. The lowest BCUT2D eigenvalue weighted by molar-refractivity contribution is -0.133. The Morgan fingerprint density at radius 1 is 0.951 bits per heavy atom. The van der Waals surface area contributed by atoms with Crippen LogP contribution >= 0.6 is 0 Å². The van der Waals surface area contributed by atoms with Gasteiger partial charge in [0.15, 0.2) is 0 Å². The number of ether oxygens (including phenoxy) is 4. The molecule has 1 atom stereocenters. The molecular weight excluding hydrogens is 536 g/mol. The van der Waals surface area contributed by atoms with Gasteiger partial charge < -0.3 is 23.4 Å². The summed E-state index contributed by atoms with van der Waals surface area (Å²) in [6, 6.07) is 13.4. The van der Waals surface area contributed by atoms with Crippen LogP contribution in [0, 0.1) is 0 Å². The summed E-state index contributed by atoms with van der Waals surface area (Å²) in [7, 11) is 1.58. The minimum Gasteiger partial charge on any atom is -0.444 e. The number of methoxy groups -OCH3 is 1. The van der Waals surface area contributed by atoms with E-state index in [0.717, 1.165) is 4.90 Å². The molecule has 0 spiro atoms. The van der Waals surface area contributed by atoms with Crippen LogP contribution in [0.4, 0.5) is 4.79 Å². The van der Waals surface area contributed by atoms with E-state index in [0.29, 0.717) is 42.9 Å². The first kappa shape index (κ1) is 29.6. The molecule has 0 unspecified atom stereocenters. The summed E-state index contributed by atoms with van der Waals surface area (Å²) in [6.45, 7) is 1.62. The number of rotatable bonds is 12. The van der Waals surface area contributed by atoms with Crippen molar-refractivity contribution < 1.29 is 42.5 Å². The Hall–Kier alpha value is -4.39. The van der Waals surface area contributed by atoms with Crippen LogP contribution < -0.4 is 10.9 Å². The van der Waals surface area contributed by atoms with Crippen molar-refractivity contribution in [2.24, 2.45) is 0 Å². The number of nitrogens with one attached hydrogen (secondary N) is 1. The molecule has 4 rings (SSSR count). The molecule has 2 aromatic carbocycles. The molecule has 1 aliphatic heterocycles. The highest BCUT2D eigenvalue weighted by Crippen LogP contribution is 2.22. The predicted octanol–water partition coefficient (Wildman–Crippen LogP) is 2.56. The monoisotopic (exact) mass is 566 g/mol. The van der Waals surface area contributed by atoms with Crippen molar-refractivity contribution in [3.8, 4) is 0 Å². The van der Waals surface area contributed by atoms with Gasteiger partial charge in [0.25, 0.3) is 5.91 Å². The standard InChI is InChI=1S/C29H30N2O10/c1-37-11-12-38-13-14-39-18-21-16-26(33)41-24-15-20(7-8-22(21)24)27(34)30-28(35)23-9-10-25(32)31(23)29(36)40-17-19-5-3-2-4-6-19/h2-8,15-16,23H,9-14,17-18H2,1H3,(H,30,34,35)/t23-/m0/s1. The van der Waals surface area contributed by atoms with Gasteiger partial charge in [0.1, 0.15) is 18.2 Å². The van der Waals surface area contributed by atoms with Crippen molar-refractivity contribution in [2.45, 2.75) is 32.1 Å². The average molecular weight is 567 g/mol. The van der Waals surface area contributed by atoms with Crippen LogP contribution in [0.2, 0.25) is 0 Å². The van der Waals surface area contributed by atoms with E-state index in [2.05, 4.69) is 5.32 Å². The second-order valence-corrected chi connectivity index (χ2v) is 9.14. The van der Waals surface area contributed by atoms with Gasteiger partial charge in [-0.3, -0.25) is 19.7 Å². The third-order valence-corrected chi connectivity index (χ3v) is 6.31. The van der Waals surface area contributed by atoms with E-state index in [9.17, 15) is 24.0 Å². The SMILES string of the molecule is COCCOCCOCc1cc(=O)oc2cc(C(=O)NC(=O)[C@@H]3CCC(=O)N3C(=O)OCc3ccccc3)ccc12. The maximum atomic E-state index is 12.9. The molecule has 1 aliphatic rings. The Labute approximate surface area is 235 Å². The van der Waals surface area contributed by atoms with Gasteiger partial charge in [-0.25, -0.2) is 14.5 Å². The Kier molecular flexibility index (Phi) is 10.3. The Morgan fingerprint density at radius 3 is 2.49 bits per heavy atom. The number of carbonyl (C=O) groups is 4. The molecule has 0 aliphatic carbocycles. The van der Waals surface area contributed by atoms with Crippen LogP contribution in [0.25, 0.3) is 11.0 Å². The van der Waals surface area contributed by atoms with Crippen molar-refractivity contribution in [3.63, 3.8) is 0 Å². The molecule has 1 N–H and O–H groups in total. The maximum Gasteiger partial charge on any atom is 0.417 e. The Morgan fingerprint density at radius 2 is 1.71 bits per heavy atom. The Bertz CT molecular complexity index is 1450. The fourth-order valence-corrected chi connectivity index (χ4v) is 4.25. The minimum atomic E-state index is -1.20. The molecule has 216 valence electrons. The smallest absolute Gasteiger partial charge is 0.417 e. The van der Waals surface area contributed by atoms with Crippen molar-refractivity contribution in [2.75, 3.05) is 33.5 Å². The highest BCUT2D eigenvalue weighted by Gasteiger charge is 2.41. The number of benzene rings is 2. The van der Waals surface area contributed by atoms with Gasteiger partial charge in [0.05, 0.1) is 33.0 Å². The summed E-state index contributed by atoms with van der Waals surface area (Å²) in [4.78, 5) is 63.7. The molecule has 1 fully saturated rings. The molecule has 4 amide bonds. The number of hydrogen-bond donors (Lipinski definition) is 1. The van der Waals surface area contributed by atoms with Crippen molar-refractivity contribution >= 4 is 34.8 Å². The molecule has 12 heteroatoms. The van der Waals surface area contributed by atoms with E-state index in [1.165, 1.54) is 18.2 Å². The van der Waals surface area contributed by atoms with E-state index in [1.807, 2.05) is 6.07 Å². The molecule has 1 saturated heterocycles. The largest absolute Gasteiger partial charge is 0.444 e. The molecular formula is C29H30N2O10. The van der Waals surface area contributed by atoms with Crippen molar-refractivity contribution in [3.05, 3.63) is 81.7 Å². The fraction of sp³-hybridized carbons (Fsp3) is 0.345. The molecule has 3 aromatic rings. The summed E-state index contributed by atoms with van der Waals surface area (Å²) in [6.07, 6.45) is -0.961. The summed E-state index contributed by atoms with van der Waals surface area (Å²) < 4.78 is 26.3. The fourth-order valence-electron chi connectivity index (χ4n) is 4.25. The topological polar surface area (TPSA) is 151 Å². The molecule has 0 saturated carbocycles. The van der Waals surface area contributed by atoms with Gasteiger partial charge in [0.2, 0.25) is 11.8 Å². The van der Waals surface area contributed by atoms with Crippen LogP contribution in [-0.4, -0.2) is 68.3 Å². The molecule has 12 nitrogen and oxygen atoms in total. The summed E-state index contributed by atoms with van der Waals surface area (Å²) in [5.74, 6) is -2.18. The zero-order valence-corrected chi connectivity index (χ0v) is 22.5. The lowest BCUT2D eigenvalue weighted by Crippen LogP contribution is -2.49. The lowest BCUT2D eigenvalue weighted by atomic mass is 10.1. The molecule has 2 heterocycles. The van der Waals surface area contributed by atoms with E-state index in [1.54, 1.807) is 37.4 Å². The van der Waals surface area contributed by atoms with Crippen LogP contribution in [0.3, 0.4) is 0 Å². The summed E-state index contributed by atoms with van der Waals surface area (Å²) in [5, 5.41) is 2.78. The second kappa shape index (κ2) is 14.3. The predicted molar refractivity (Wildman–Crippen MR) is 144 cm³/mol. The van der Waals surface area contributed by atoms with Gasteiger partial charge in [0, 0.05) is 30.5 Å². The van der Waals surface area contributed by atoms with E-state index >= 15 is 0 Å². The van der Waals surface area contributed by atoms with Crippen LogP contribution in [0.5, 0.6) is 0 Å². The Balaban J connectivity index is 1.38. The normalized spacial score (nSPS) is 14.8. The average Bonchev–Trinajstić information content (AvgIpc) is 3.37. The van der Waals surface area contributed by atoms with Crippen LogP contribution in [0.1, 0.15) is 34.3 Å². The number of carbonyl (C=O) groups excluding carboxylic acids is 4. The number of likely N-dealkylation sites (tertiary alicyclic amines) is 1. The molecule has 0 radical (unpaired) electrons. The first-order chi connectivity index (χ1) is 19.9. The lowest BCUT2D eigenvalue weighted by Gasteiger charge is -2.21. The minimum absolute atomic E-state index is 0.0427. The second-order valence-electron chi connectivity index (χ2n) is 9.14. The number of fused-ring (bicyclic) bond motifs is 1. The first-order valence-electron chi connectivity index (χ1n) is 13.0. The van der Waals surface area contributed by atoms with Gasteiger partial charge in [-0.05, 0) is 29.7 Å². The van der Waals surface area contributed by atoms with Gasteiger partial charge in [-0.15, -0.1) is 0 Å².